The number of nitrogens with zero attached hydrogens (tertiary/aromatic N) is 3. The van der Waals surface area contributed by atoms with Gasteiger partial charge in [-0.25, -0.2) is 0 Å². The average molecular weight is 258 g/mol. The molecule has 0 aliphatic rings. The second-order valence-corrected chi connectivity index (χ2v) is 3.69. The number of hydrogen-bond donors (Lipinski definition) is 1. The maximum absolute atomic E-state index is 11.8. The molecule has 1 N–H and O–H groups in total. The summed E-state index contributed by atoms with van der Waals surface area (Å²) < 4.78 is 5.15. The molecular formula is C13H14N4O2. The summed E-state index contributed by atoms with van der Waals surface area (Å²) in [5.74, 6) is 0.116. The van der Waals surface area contributed by atoms with Gasteiger partial charge in [-0.3, -0.25) is 9.78 Å². The third-order valence-corrected chi connectivity index (χ3v) is 2.32. The van der Waals surface area contributed by atoms with Gasteiger partial charge in [-0.05, 0) is 25.1 Å². The van der Waals surface area contributed by atoms with E-state index in [4.69, 9.17) is 4.74 Å². The first-order valence-corrected chi connectivity index (χ1v) is 5.94. The number of amides is 1. The summed E-state index contributed by atoms with van der Waals surface area (Å²) in [4.78, 5) is 15.9. The summed E-state index contributed by atoms with van der Waals surface area (Å²) in [7, 11) is 0. The van der Waals surface area contributed by atoms with Crippen LogP contribution in [0.15, 0.2) is 36.5 Å². The van der Waals surface area contributed by atoms with Crippen LogP contribution < -0.4 is 10.1 Å². The van der Waals surface area contributed by atoms with Crippen LogP contribution in [0.25, 0.3) is 0 Å². The van der Waals surface area contributed by atoms with Gasteiger partial charge in [-0.1, -0.05) is 6.07 Å². The molecule has 6 nitrogen and oxygen atoms in total. The molecule has 0 atom stereocenters. The average Bonchev–Trinajstić information content (AvgIpc) is 2.47. The summed E-state index contributed by atoms with van der Waals surface area (Å²) in [5, 5.41) is 10.3. The standard InChI is InChI=1S/C13H14N4O2/c1-2-19-12-7-6-11(16-17-12)13(18)15-9-10-5-3-4-8-14-10/h3-8H,2,9H2,1H3,(H,15,18). The van der Waals surface area contributed by atoms with E-state index < -0.39 is 0 Å². The Kier molecular flexibility index (Phi) is 4.39. The molecule has 2 aromatic heterocycles. The van der Waals surface area contributed by atoms with Crippen molar-refractivity contribution < 1.29 is 9.53 Å². The number of nitrogens with one attached hydrogen (secondary N) is 1. The summed E-state index contributed by atoms with van der Waals surface area (Å²) in [6.07, 6.45) is 1.68. The molecule has 0 unspecified atom stereocenters. The van der Waals surface area contributed by atoms with E-state index in [1.54, 1.807) is 18.3 Å². The summed E-state index contributed by atoms with van der Waals surface area (Å²) in [6, 6.07) is 8.72. The monoisotopic (exact) mass is 258 g/mol. The maximum atomic E-state index is 11.8. The van der Waals surface area contributed by atoms with Crippen LogP contribution in [0, 0.1) is 0 Å². The topological polar surface area (TPSA) is 77.0 Å². The fourth-order valence-corrected chi connectivity index (χ4v) is 1.43. The second kappa shape index (κ2) is 6.44. The first kappa shape index (κ1) is 12.9. The minimum absolute atomic E-state index is 0.249. The number of aromatic nitrogens is 3. The van der Waals surface area contributed by atoms with Gasteiger partial charge in [0.1, 0.15) is 0 Å². The van der Waals surface area contributed by atoms with Crippen LogP contribution in [0.3, 0.4) is 0 Å². The normalized spacial score (nSPS) is 9.95. The summed E-state index contributed by atoms with van der Waals surface area (Å²) >= 11 is 0. The van der Waals surface area contributed by atoms with Gasteiger partial charge in [-0.15, -0.1) is 10.2 Å². The van der Waals surface area contributed by atoms with E-state index in [1.807, 2.05) is 25.1 Å². The maximum Gasteiger partial charge on any atom is 0.272 e. The molecule has 0 aromatic carbocycles. The minimum Gasteiger partial charge on any atom is -0.477 e. The van der Waals surface area contributed by atoms with Crippen LogP contribution >= 0.6 is 0 Å². The highest BCUT2D eigenvalue weighted by Gasteiger charge is 2.08. The smallest absolute Gasteiger partial charge is 0.272 e. The molecule has 98 valence electrons. The number of hydrogen-bond acceptors (Lipinski definition) is 5. The highest BCUT2D eigenvalue weighted by molar-refractivity contribution is 5.91. The Labute approximate surface area is 110 Å². The van der Waals surface area contributed by atoms with E-state index in [0.29, 0.717) is 19.0 Å². The van der Waals surface area contributed by atoms with Crippen LogP contribution in [-0.4, -0.2) is 27.7 Å². The third kappa shape index (κ3) is 3.74. The van der Waals surface area contributed by atoms with Gasteiger partial charge < -0.3 is 10.1 Å². The van der Waals surface area contributed by atoms with E-state index in [9.17, 15) is 4.79 Å². The van der Waals surface area contributed by atoms with E-state index >= 15 is 0 Å². The Balaban J connectivity index is 1.92. The molecule has 0 aliphatic heterocycles. The molecule has 0 aliphatic carbocycles. The molecule has 2 rings (SSSR count). The summed E-state index contributed by atoms with van der Waals surface area (Å²) in [5.41, 5.74) is 1.04. The first-order chi connectivity index (χ1) is 9.29. The molecule has 0 saturated heterocycles. The minimum atomic E-state index is -0.291. The predicted molar refractivity (Wildman–Crippen MR) is 68.6 cm³/mol. The quantitative estimate of drug-likeness (QED) is 0.872. The second-order valence-electron chi connectivity index (χ2n) is 3.69. The number of carbonyl (C=O) groups is 1. The first-order valence-electron chi connectivity index (χ1n) is 5.94. The fourth-order valence-electron chi connectivity index (χ4n) is 1.43. The van der Waals surface area contributed by atoms with Crippen molar-refractivity contribution in [1.29, 1.82) is 0 Å². The molecule has 0 spiro atoms. The molecule has 6 heteroatoms. The fraction of sp³-hybridized carbons (Fsp3) is 0.231. The van der Waals surface area contributed by atoms with E-state index in [2.05, 4.69) is 20.5 Å². The lowest BCUT2D eigenvalue weighted by Gasteiger charge is -2.04. The van der Waals surface area contributed by atoms with Gasteiger partial charge in [0.25, 0.3) is 5.91 Å². The highest BCUT2D eigenvalue weighted by atomic mass is 16.5. The molecule has 1 amide bonds. The highest BCUT2D eigenvalue weighted by Crippen LogP contribution is 2.04. The van der Waals surface area contributed by atoms with Crippen molar-refractivity contribution in [2.24, 2.45) is 0 Å². The molecular weight excluding hydrogens is 244 g/mol. The molecule has 2 aromatic rings. The van der Waals surface area contributed by atoms with Crippen molar-refractivity contribution in [3.05, 3.63) is 47.9 Å². The summed E-state index contributed by atoms with van der Waals surface area (Å²) in [6.45, 7) is 2.73. The van der Waals surface area contributed by atoms with E-state index in [0.717, 1.165) is 5.69 Å². The van der Waals surface area contributed by atoms with E-state index in [-0.39, 0.29) is 11.6 Å². The van der Waals surface area contributed by atoms with E-state index in [1.165, 1.54) is 0 Å². The Bertz CT molecular complexity index is 528. The largest absolute Gasteiger partial charge is 0.477 e. The Morgan fingerprint density at radius 3 is 2.79 bits per heavy atom. The Hall–Kier alpha value is -2.50. The lowest BCUT2D eigenvalue weighted by Crippen LogP contribution is -2.24. The zero-order chi connectivity index (χ0) is 13.5. The number of rotatable bonds is 5. The zero-order valence-electron chi connectivity index (χ0n) is 10.5. The van der Waals surface area contributed by atoms with Gasteiger partial charge in [-0.2, -0.15) is 0 Å². The van der Waals surface area contributed by atoms with Crippen molar-refractivity contribution in [1.82, 2.24) is 20.5 Å². The molecule has 0 bridgehead atoms. The lowest BCUT2D eigenvalue weighted by molar-refractivity contribution is 0.0944. The zero-order valence-corrected chi connectivity index (χ0v) is 10.5. The lowest BCUT2D eigenvalue weighted by atomic mass is 10.3. The van der Waals surface area contributed by atoms with Crippen LogP contribution in [-0.2, 0) is 6.54 Å². The van der Waals surface area contributed by atoms with Crippen molar-refractivity contribution in [3.63, 3.8) is 0 Å². The molecule has 2 heterocycles. The van der Waals surface area contributed by atoms with Gasteiger partial charge >= 0.3 is 0 Å². The van der Waals surface area contributed by atoms with Crippen molar-refractivity contribution in [2.75, 3.05) is 6.61 Å². The molecule has 0 fully saturated rings. The molecule has 19 heavy (non-hydrogen) atoms. The van der Waals surface area contributed by atoms with Gasteiger partial charge in [0.2, 0.25) is 5.88 Å². The van der Waals surface area contributed by atoms with Crippen molar-refractivity contribution in [3.8, 4) is 5.88 Å². The van der Waals surface area contributed by atoms with Crippen LogP contribution in [0.4, 0.5) is 0 Å². The molecule has 0 radical (unpaired) electrons. The Morgan fingerprint density at radius 1 is 1.26 bits per heavy atom. The predicted octanol–water partition coefficient (Wildman–Crippen LogP) is 1.20. The SMILES string of the molecule is CCOc1ccc(C(=O)NCc2ccccn2)nn1. The number of ether oxygens (including phenoxy) is 1. The van der Waals surface area contributed by atoms with Gasteiger partial charge in [0.15, 0.2) is 5.69 Å². The third-order valence-electron chi connectivity index (χ3n) is 2.32. The van der Waals surface area contributed by atoms with Gasteiger partial charge in [0, 0.05) is 12.3 Å². The van der Waals surface area contributed by atoms with Crippen molar-refractivity contribution in [2.45, 2.75) is 13.5 Å². The van der Waals surface area contributed by atoms with Crippen LogP contribution in [0.5, 0.6) is 5.88 Å². The number of carbonyl (C=O) groups excluding carboxylic acids is 1. The number of pyridine rings is 1. The van der Waals surface area contributed by atoms with Gasteiger partial charge in [0.05, 0.1) is 18.8 Å². The van der Waals surface area contributed by atoms with Crippen LogP contribution in [0.2, 0.25) is 0 Å². The molecule has 0 saturated carbocycles. The van der Waals surface area contributed by atoms with Crippen molar-refractivity contribution >= 4 is 5.91 Å². The van der Waals surface area contributed by atoms with Crippen LogP contribution in [0.1, 0.15) is 23.1 Å². The Morgan fingerprint density at radius 2 is 2.16 bits per heavy atom.